The molecule has 3 aromatic carbocycles. The summed E-state index contributed by atoms with van der Waals surface area (Å²) >= 11 is 12.6. The smallest absolute Gasteiger partial charge is 0.270 e. The molecule has 10 heteroatoms. The van der Waals surface area contributed by atoms with Crippen LogP contribution >= 0.6 is 23.2 Å². The highest BCUT2D eigenvalue weighted by atomic mass is 35.5. The molecule has 0 spiro atoms. The first kappa shape index (κ1) is 26.2. The van der Waals surface area contributed by atoms with Gasteiger partial charge in [-0.15, -0.1) is 0 Å². The van der Waals surface area contributed by atoms with Crippen molar-refractivity contribution in [3.63, 3.8) is 0 Å². The number of aromatic nitrogens is 2. The molecule has 2 heterocycles. The van der Waals surface area contributed by atoms with Crippen LogP contribution in [0.1, 0.15) is 45.8 Å². The minimum atomic E-state index is -3.63. The Morgan fingerprint density at radius 3 is 2.45 bits per heavy atom. The Kier molecular flexibility index (Phi) is 7.13. The standard InChI is InChI=1S/C28H22Cl2FN3O3S/c1-17(19-5-3-2-4-6-19)32-28(35)27-23-16-38(36,37)15-20(13-18-7-10-22(31)11-8-18)26(23)33-34(27)25-12-9-21(29)14-24(25)30/h2-14,17H,15-16H2,1H3,(H,32,35)/t17-/m1/s1. The largest absolute Gasteiger partial charge is 0.344 e. The van der Waals surface area contributed by atoms with Crippen molar-refractivity contribution in [1.29, 1.82) is 0 Å². The normalized spacial score (nSPS) is 16.2. The minimum absolute atomic E-state index is 0.0697. The molecule has 1 aliphatic heterocycles. The third-order valence-corrected chi connectivity index (χ3v) is 8.26. The molecule has 1 amide bonds. The number of rotatable bonds is 5. The zero-order valence-corrected chi connectivity index (χ0v) is 22.5. The molecule has 0 radical (unpaired) electrons. The van der Waals surface area contributed by atoms with E-state index in [2.05, 4.69) is 5.32 Å². The van der Waals surface area contributed by atoms with E-state index < -0.39 is 21.6 Å². The molecule has 0 fully saturated rings. The summed E-state index contributed by atoms with van der Waals surface area (Å²) in [7, 11) is -3.63. The number of amides is 1. The van der Waals surface area contributed by atoms with Crippen LogP contribution in [0.15, 0.2) is 72.8 Å². The minimum Gasteiger partial charge on any atom is -0.344 e. The summed E-state index contributed by atoms with van der Waals surface area (Å²) in [6.45, 7) is 1.84. The van der Waals surface area contributed by atoms with Gasteiger partial charge in [0.2, 0.25) is 0 Å². The highest BCUT2D eigenvalue weighted by Gasteiger charge is 2.35. The Hall–Kier alpha value is -3.46. The first-order valence-corrected chi connectivity index (χ1v) is 14.3. The summed E-state index contributed by atoms with van der Waals surface area (Å²) < 4.78 is 40.9. The van der Waals surface area contributed by atoms with E-state index in [0.717, 1.165) is 5.56 Å². The van der Waals surface area contributed by atoms with E-state index in [4.69, 9.17) is 28.3 Å². The van der Waals surface area contributed by atoms with Crippen molar-refractivity contribution in [3.05, 3.63) is 117 Å². The molecule has 38 heavy (non-hydrogen) atoms. The highest BCUT2D eigenvalue weighted by Crippen LogP contribution is 2.35. The lowest BCUT2D eigenvalue weighted by Gasteiger charge is -2.18. The summed E-state index contributed by atoms with van der Waals surface area (Å²) in [4.78, 5) is 13.8. The van der Waals surface area contributed by atoms with Crippen molar-refractivity contribution in [2.45, 2.75) is 18.7 Å². The van der Waals surface area contributed by atoms with Gasteiger partial charge in [0.25, 0.3) is 5.91 Å². The molecule has 1 aromatic heterocycles. The first-order chi connectivity index (χ1) is 18.1. The van der Waals surface area contributed by atoms with Gasteiger partial charge >= 0.3 is 0 Å². The van der Waals surface area contributed by atoms with E-state index in [-0.39, 0.29) is 33.8 Å². The Balaban J connectivity index is 1.68. The van der Waals surface area contributed by atoms with Crippen molar-refractivity contribution < 1.29 is 17.6 Å². The average Bonchev–Trinajstić information content (AvgIpc) is 3.24. The topological polar surface area (TPSA) is 81.1 Å². The molecule has 1 atom stereocenters. The molecule has 0 unspecified atom stereocenters. The van der Waals surface area contributed by atoms with Gasteiger partial charge < -0.3 is 5.32 Å². The van der Waals surface area contributed by atoms with Crippen LogP contribution in [0.2, 0.25) is 10.0 Å². The first-order valence-electron chi connectivity index (χ1n) is 11.7. The van der Waals surface area contributed by atoms with Gasteiger partial charge in [0.05, 0.1) is 34.0 Å². The maximum absolute atomic E-state index is 13.8. The summed E-state index contributed by atoms with van der Waals surface area (Å²) in [6.07, 6.45) is 1.64. The number of halogens is 3. The Morgan fingerprint density at radius 1 is 1.05 bits per heavy atom. The molecule has 0 saturated heterocycles. The molecule has 0 bridgehead atoms. The van der Waals surface area contributed by atoms with Gasteiger partial charge in [-0.25, -0.2) is 17.5 Å². The van der Waals surface area contributed by atoms with Crippen LogP contribution < -0.4 is 5.32 Å². The lowest BCUT2D eigenvalue weighted by Crippen LogP contribution is -2.30. The SMILES string of the molecule is C[C@@H](NC(=O)c1c2c(nn1-c1ccc(Cl)cc1Cl)C(=Cc1ccc(F)cc1)CS(=O)(=O)C2)c1ccccc1. The van der Waals surface area contributed by atoms with E-state index in [1.54, 1.807) is 30.3 Å². The number of sulfone groups is 1. The number of carbonyl (C=O) groups excluding carboxylic acids is 1. The number of benzene rings is 3. The molecular formula is C28H22Cl2FN3O3S. The molecule has 0 saturated carbocycles. The average molecular weight is 570 g/mol. The zero-order valence-electron chi connectivity index (χ0n) is 20.2. The fourth-order valence-corrected chi connectivity index (χ4v) is 6.44. The third-order valence-electron chi connectivity index (χ3n) is 6.24. The molecule has 5 rings (SSSR count). The second kappa shape index (κ2) is 10.4. The lowest BCUT2D eigenvalue weighted by molar-refractivity contribution is 0.0931. The molecule has 6 nitrogen and oxygen atoms in total. The predicted octanol–water partition coefficient (Wildman–Crippen LogP) is 6.28. The highest BCUT2D eigenvalue weighted by molar-refractivity contribution is 7.91. The number of fused-ring (bicyclic) bond motifs is 1. The van der Waals surface area contributed by atoms with Crippen LogP contribution in [0.25, 0.3) is 17.3 Å². The summed E-state index contributed by atoms with van der Waals surface area (Å²) in [5, 5.41) is 8.30. The lowest BCUT2D eigenvalue weighted by atomic mass is 10.0. The van der Waals surface area contributed by atoms with Crippen LogP contribution in [-0.2, 0) is 15.6 Å². The Bertz CT molecular complexity index is 1670. The summed E-state index contributed by atoms with van der Waals surface area (Å²) in [5.41, 5.74) is 2.97. The summed E-state index contributed by atoms with van der Waals surface area (Å²) in [6, 6.07) is 19.5. The monoisotopic (exact) mass is 569 g/mol. The van der Waals surface area contributed by atoms with E-state index in [0.29, 0.717) is 27.5 Å². The van der Waals surface area contributed by atoms with Crippen LogP contribution in [0, 0.1) is 5.82 Å². The van der Waals surface area contributed by atoms with Crippen molar-refractivity contribution >= 4 is 50.6 Å². The number of carbonyl (C=O) groups is 1. The van der Waals surface area contributed by atoms with Gasteiger partial charge in [-0.1, -0.05) is 65.7 Å². The molecule has 1 N–H and O–H groups in total. The number of nitrogens with zero attached hydrogens (tertiary/aromatic N) is 2. The van der Waals surface area contributed by atoms with Gasteiger partial charge in [0, 0.05) is 10.6 Å². The number of nitrogens with one attached hydrogen (secondary N) is 1. The van der Waals surface area contributed by atoms with Crippen LogP contribution in [0.3, 0.4) is 0 Å². The van der Waals surface area contributed by atoms with Gasteiger partial charge in [-0.2, -0.15) is 5.10 Å². The fraction of sp³-hybridized carbons (Fsp3) is 0.143. The van der Waals surface area contributed by atoms with Crippen molar-refractivity contribution in [2.75, 3.05) is 5.75 Å². The van der Waals surface area contributed by atoms with Gasteiger partial charge in [-0.05, 0) is 60.0 Å². The number of hydrogen-bond donors (Lipinski definition) is 1. The second-order valence-electron chi connectivity index (χ2n) is 9.04. The third kappa shape index (κ3) is 5.38. The maximum Gasteiger partial charge on any atom is 0.270 e. The van der Waals surface area contributed by atoms with E-state index in [1.165, 1.54) is 22.9 Å². The molecule has 0 aliphatic carbocycles. The zero-order chi connectivity index (χ0) is 27.0. The van der Waals surface area contributed by atoms with Gasteiger partial charge in [-0.3, -0.25) is 4.79 Å². The van der Waals surface area contributed by atoms with Gasteiger partial charge in [0.15, 0.2) is 9.84 Å². The van der Waals surface area contributed by atoms with Crippen LogP contribution in [-0.4, -0.2) is 29.9 Å². The molecule has 1 aliphatic rings. The second-order valence-corrected chi connectivity index (χ2v) is 12.0. The predicted molar refractivity (Wildman–Crippen MR) is 148 cm³/mol. The van der Waals surface area contributed by atoms with Crippen molar-refractivity contribution in [3.8, 4) is 5.69 Å². The van der Waals surface area contributed by atoms with E-state index >= 15 is 0 Å². The fourth-order valence-electron chi connectivity index (χ4n) is 4.44. The summed E-state index contributed by atoms with van der Waals surface area (Å²) in [5.74, 6) is -1.54. The number of hydrogen-bond acceptors (Lipinski definition) is 4. The van der Waals surface area contributed by atoms with E-state index in [9.17, 15) is 17.6 Å². The van der Waals surface area contributed by atoms with Gasteiger partial charge in [0.1, 0.15) is 11.5 Å². The molecule has 194 valence electrons. The Morgan fingerprint density at radius 2 is 1.76 bits per heavy atom. The molecule has 4 aromatic rings. The van der Waals surface area contributed by atoms with Crippen molar-refractivity contribution in [1.82, 2.24) is 15.1 Å². The van der Waals surface area contributed by atoms with Crippen LogP contribution in [0.5, 0.6) is 0 Å². The van der Waals surface area contributed by atoms with Crippen molar-refractivity contribution in [2.24, 2.45) is 0 Å². The van der Waals surface area contributed by atoms with E-state index in [1.807, 2.05) is 37.3 Å². The van der Waals surface area contributed by atoms with Crippen LogP contribution in [0.4, 0.5) is 4.39 Å². The Labute approximate surface area is 229 Å². The molecular weight excluding hydrogens is 548 g/mol. The maximum atomic E-state index is 13.8. The quantitative estimate of drug-likeness (QED) is 0.306.